The molecule has 0 saturated carbocycles. The molecule has 0 spiro atoms. The van der Waals surface area contributed by atoms with Crippen molar-refractivity contribution in [3.8, 4) is 0 Å². The van der Waals surface area contributed by atoms with E-state index in [0.717, 1.165) is 0 Å². The zero-order chi connectivity index (χ0) is 0. The Labute approximate surface area is 51.2 Å². The summed E-state index contributed by atoms with van der Waals surface area (Å²) >= 11 is 0. The van der Waals surface area contributed by atoms with E-state index in [4.69, 9.17) is 0 Å². The van der Waals surface area contributed by atoms with E-state index in [-0.39, 0.29) is 50.5 Å². The Morgan fingerprint density at radius 3 is 0.500 bits per heavy atom. The number of rotatable bonds is 0. The van der Waals surface area contributed by atoms with Crippen LogP contribution in [0.1, 0.15) is 0 Å². The topological polar surface area (TPSA) is 170 Å². The van der Waals surface area contributed by atoms with Gasteiger partial charge >= 0.3 is 20.4 Å². The van der Waals surface area contributed by atoms with Crippen molar-refractivity contribution in [2.24, 2.45) is 0 Å². The monoisotopic (exact) mass is 191 g/mol. The van der Waals surface area contributed by atoms with E-state index in [1.807, 2.05) is 0 Å². The van der Waals surface area contributed by atoms with Gasteiger partial charge in [0.25, 0.3) is 0 Å². The zero-order valence-corrected chi connectivity index (χ0v) is 5.15. The minimum Gasteiger partial charge on any atom is -0.870 e. The molecule has 0 radical (unpaired) electrons. The maximum atomic E-state index is 0. The van der Waals surface area contributed by atoms with Crippen LogP contribution in [0.5, 0.6) is 0 Å². The first-order valence-electron chi connectivity index (χ1n) is 0. The van der Waals surface area contributed by atoms with E-state index in [1.54, 1.807) is 0 Å². The van der Waals surface area contributed by atoms with Gasteiger partial charge in [-0.3, -0.25) is 0 Å². The summed E-state index contributed by atoms with van der Waals surface area (Å²) in [5.41, 5.74) is 0. The molecule has 0 aliphatic carbocycles. The fourth-order valence-electron chi connectivity index (χ4n) is 0. The Bertz CT molecular complexity index is 7.51. The van der Waals surface area contributed by atoms with Crippen molar-refractivity contribution in [3.63, 3.8) is 0 Å². The molecule has 0 aliphatic heterocycles. The van der Waals surface area contributed by atoms with Crippen molar-refractivity contribution < 1.29 is 25.9 Å². The molecule has 0 amide bonds. The molecule has 0 aliphatic rings. The minimum absolute atomic E-state index is 0. The third kappa shape index (κ3) is 250. The Morgan fingerprint density at radius 1 is 0.500 bits per heavy atom. The smallest absolute Gasteiger partial charge is 0.870 e. The van der Waals surface area contributed by atoms with Crippen molar-refractivity contribution in [1.82, 2.24) is 24.6 Å². The number of hydrogen-bond donors (Lipinski definition) is 4. The zero-order valence-electron chi connectivity index (χ0n) is 3.59. The van der Waals surface area contributed by atoms with E-state index in [0.29, 0.717) is 0 Å². The fourth-order valence-corrected chi connectivity index (χ4v) is 0. The second-order valence-electron chi connectivity index (χ2n) is 0. The molecule has 0 heterocycles. The summed E-state index contributed by atoms with van der Waals surface area (Å²) in [7, 11) is 0. The molecule has 0 saturated heterocycles. The predicted octanol–water partition coefficient (Wildman–Crippen LogP) is 0.469. The molecule has 5 nitrogen and oxygen atoms in total. The first-order chi connectivity index (χ1) is 0. The van der Waals surface area contributed by atoms with E-state index in [2.05, 4.69) is 0 Å². The van der Waals surface area contributed by atoms with Crippen molar-refractivity contribution in [2.45, 2.75) is 0 Å². The van der Waals surface area contributed by atoms with Gasteiger partial charge in [0, 0.05) is 0 Å². The van der Waals surface area contributed by atoms with E-state index < -0.39 is 0 Å². The summed E-state index contributed by atoms with van der Waals surface area (Å²) in [5.74, 6) is 0. The maximum absolute atomic E-state index is 0. The SMILES string of the molecule is N.N.N.N.[OH-].[Pd+2]. The second kappa shape index (κ2) is 509. The quantitative estimate of drug-likeness (QED) is 0.407. The van der Waals surface area contributed by atoms with Crippen LogP contribution in [-0.2, 0) is 20.4 Å². The molecule has 0 rings (SSSR count). The third-order valence-electron chi connectivity index (χ3n) is 0. The Hall–Kier alpha value is 0.462. The molecule has 6 heavy (non-hydrogen) atoms. The van der Waals surface area contributed by atoms with Gasteiger partial charge in [-0.2, -0.15) is 0 Å². The Kier molecular flexibility index (Phi) is 76500. The second-order valence-corrected chi connectivity index (χ2v) is 0. The molecular formula is H13N4OPd+. The van der Waals surface area contributed by atoms with E-state index >= 15 is 0 Å². The van der Waals surface area contributed by atoms with Gasteiger partial charge in [0.15, 0.2) is 0 Å². The molecule has 0 bridgehead atoms. The van der Waals surface area contributed by atoms with Gasteiger partial charge in [0.2, 0.25) is 0 Å². The van der Waals surface area contributed by atoms with Crippen molar-refractivity contribution in [2.75, 3.05) is 0 Å². The van der Waals surface area contributed by atoms with Gasteiger partial charge in [0.1, 0.15) is 0 Å². The third-order valence-corrected chi connectivity index (χ3v) is 0. The van der Waals surface area contributed by atoms with Crippen LogP contribution in [-0.4, -0.2) is 5.48 Å². The number of hydrogen-bond acceptors (Lipinski definition) is 5. The fraction of sp³-hybridized carbons (Fsp3) is 0. The van der Waals surface area contributed by atoms with Gasteiger partial charge in [-0.05, 0) is 0 Å². The summed E-state index contributed by atoms with van der Waals surface area (Å²) in [4.78, 5) is 0. The van der Waals surface area contributed by atoms with Gasteiger partial charge in [-0.1, -0.05) is 0 Å². The van der Waals surface area contributed by atoms with Crippen LogP contribution in [0.4, 0.5) is 0 Å². The largest absolute Gasteiger partial charge is 2.00 e. The summed E-state index contributed by atoms with van der Waals surface area (Å²) in [6, 6.07) is 0. The predicted molar refractivity (Wildman–Crippen MR) is 22.0 cm³/mol. The van der Waals surface area contributed by atoms with Gasteiger partial charge in [-0.15, -0.1) is 0 Å². The summed E-state index contributed by atoms with van der Waals surface area (Å²) in [6.45, 7) is 0. The molecule has 48 valence electrons. The van der Waals surface area contributed by atoms with Crippen LogP contribution >= 0.6 is 0 Å². The standard InChI is InChI=1S/4H3N.H2O.Pd/h4*1H3;1H2;/q;;;;;+2/p-1. The Morgan fingerprint density at radius 2 is 0.500 bits per heavy atom. The molecular weight excluding hydrogens is 178 g/mol. The molecule has 0 atom stereocenters. The molecule has 0 aromatic carbocycles. The molecule has 0 aromatic rings. The molecule has 0 unspecified atom stereocenters. The van der Waals surface area contributed by atoms with Crippen LogP contribution in [0.25, 0.3) is 0 Å². The first kappa shape index (κ1) is 902. The van der Waals surface area contributed by atoms with E-state index in [1.165, 1.54) is 0 Å². The van der Waals surface area contributed by atoms with Crippen LogP contribution < -0.4 is 24.6 Å². The van der Waals surface area contributed by atoms with Crippen LogP contribution in [0.3, 0.4) is 0 Å². The molecule has 6 heteroatoms. The van der Waals surface area contributed by atoms with Gasteiger partial charge < -0.3 is 30.1 Å². The normalized spacial score (nSPS) is 0. The van der Waals surface area contributed by atoms with Crippen molar-refractivity contribution in [3.05, 3.63) is 0 Å². The molecule has 0 aromatic heterocycles. The maximum Gasteiger partial charge on any atom is 2.00 e. The first-order valence-corrected chi connectivity index (χ1v) is 0. The molecule has 0 fully saturated rings. The molecule has 13 N–H and O–H groups in total. The van der Waals surface area contributed by atoms with Gasteiger partial charge in [0.05, 0.1) is 0 Å². The summed E-state index contributed by atoms with van der Waals surface area (Å²) < 4.78 is 0. The van der Waals surface area contributed by atoms with Crippen LogP contribution in [0.2, 0.25) is 0 Å². The van der Waals surface area contributed by atoms with Crippen molar-refractivity contribution >= 4 is 0 Å². The Balaban J connectivity index is 0. The van der Waals surface area contributed by atoms with Gasteiger partial charge in [-0.25, -0.2) is 0 Å². The van der Waals surface area contributed by atoms with Crippen molar-refractivity contribution in [1.29, 1.82) is 0 Å². The summed E-state index contributed by atoms with van der Waals surface area (Å²) in [5, 5.41) is 0. The van der Waals surface area contributed by atoms with Crippen LogP contribution in [0, 0.1) is 0 Å². The minimum atomic E-state index is 0. The average molecular weight is 192 g/mol. The average Bonchev–Trinajstić information content (AvgIpc) is 0. The van der Waals surface area contributed by atoms with E-state index in [9.17, 15) is 0 Å². The summed E-state index contributed by atoms with van der Waals surface area (Å²) in [6.07, 6.45) is 0. The van der Waals surface area contributed by atoms with Crippen LogP contribution in [0.15, 0.2) is 0 Å².